The molecule has 4 nitrogen and oxygen atoms in total. The van der Waals surface area contributed by atoms with Crippen LogP contribution in [0.2, 0.25) is 0 Å². The first-order chi connectivity index (χ1) is 9.05. The van der Waals surface area contributed by atoms with Crippen LogP contribution in [0.25, 0.3) is 0 Å². The summed E-state index contributed by atoms with van der Waals surface area (Å²) in [6.45, 7) is 7.16. The molecule has 0 aliphatic carbocycles. The summed E-state index contributed by atoms with van der Waals surface area (Å²) in [5.74, 6) is 0. The van der Waals surface area contributed by atoms with E-state index in [9.17, 15) is 5.11 Å². The van der Waals surface area contributed by atoms with Crippen LogP contribution in [0, 0.1) is 6.92 Å². The molecule has 1 N–H and O–H groups in total. The van der Waals surface area contributed by atoms with Gasteiger partial charge in [0.1, 0.15) is 0 Å². The summed E-state index contributed by atoms with van der Waals surface area (Å²) in [6, 6.07) is 0.347. The van der Waals surface area contributed by atoms with E-state index in [1.807, 2.05) is 11.6 Å². The number of fused-ring (bicyclic) bond motifs is 1. The van der Waals surface area contributed by atoms with Crippen molar-refractivity contribution in [2.45, 2.75) is 57.7 Å². The van der Waals surface area contributed by atoms with Crippen molar-refractivity contribution in [1.82, 2.24) is 14.7 Å². The van der Waals surface area contributed by atoms with Crippen molar-refractivity contribution in [2.75, 3.05) is 13.1 Å². The van der Waals surface area contributed by atoms with Crippen LogP contribution >= 0.6 is 15.9 Å². The maximum atomic E-state index is 11.1. The monoisotopic (exact) mass is 327 g/mol. The number of rotatable bonds is 3. The van der Waals surface area contributed by atoms with Crippen molar-refractivity contribution in [3.63, 3.8) is 0 Å². The van der Waals surface area contributed by atoms with Gasteiger partial charge in [-0.1, -0.05) is 0 Å². The molecular weight excluding hydrogens is 306 g/mol. The average Bonchev–Trinajstić information content (AvgIpc) is 3.03. The van der Waals surface area contributed by atoms with Gasteiger partial charge in [-0.3, -0.25) is 9.58 Å². The highest BCUT2D eigenvalue weighted by molar-refractivity contribution is 9.10. The molecule has 19 heavy (non-hydrogen) atoms. The Kier molecular flexibility index (Phi) is 3.48. The predicted octanol–water partition coefficient (Wildman–Crippen LogP) is 2.12. The van der Waals surface area contributed by atoms with E-state index in [2.05, 4.69) is 32.9 Å². The van der Waals surface area contributed by atoms with Crippen LogP contribution in [0.3, 0.4) is 0 Å². The third kappa shape index (κ3) is 2.16. The maximum Gasteiger partial charge on any atom is 0.0869 e. The van der Waals surface area contributed by atoms with Crippen LogP contribution in [0.5, 0.6) is 0 Å². The lowest BCUT2D eigenvalue weighted by Crippen LogP contribution is -2.43. The Morgan fingerprint density at radius 1 is 1.47 bits per heavy atom. The first-order valence-corrected chi connectivity index (χ1v) is 8.02. The standard InChI is InChI=1S/C14H22BrN3O/c1-3-18-11(13(15)10(2)16-18)9-14(19)6-8-17-7-4-5-12(14)17/h12,19H,3-9H2,1-2H3. The topological polar surface area (TPSA) is 41.3 Å². The van der Waals surface area contributed by atoms with Crippen LogP contribution < -0.4 is 0 Å². The molecule has 0 radical (unpaired) electrons. The second-order valence-corrected chi connectivity index (χ2v) is 6.68. The quantitative estimate of drug-likeness (QED) is 0.924. The van der Waals surface area contributed by atoms with Gasteiger partial charge in [-0.25, -0.2) is 0 Å². The Morgan fingerprint density at radius 3 is 3.00 bits per heavy atom. The summed E-state index contributed by atoms with van der Waals surface area (Å²) in [5.41, 5.74) is 1.59. The summed E-state index contributed by atoms with van der Waals surface area (Å²) in [7, 11) is 0. The van der Waals surface area contributed by atoms with E-state index in [1.165, 1.54) is 6.42 Å². The largest absolute Gasteiger partial charge is 0.388 e. The number of halogens is 1. The first kappa shape index (κ1) is 13.6. The molecule has 106 valence electrons. The molecule has 1 aromatic heterocycles. The van der Waals surface area contributed by atoms with Crippen molar-refractivity contribution in [2.24, 2.45) is 0 Å². The van der Waals surface area contributed by atoms with Gasteiger partial charge in [-0.15, -0.1) is 0 Å². The van der Waals surface area contributed by atoms with Gasteiger partial charge < -0.3 is 5.11 Å². The van der Waals surface area contributed by atoms with Gasteiger partial charge in [0, 0.05) is 25.6 Å². The molecule has 2 fully saturated rings. The summed E-state index contributed by atoms with van der Waals surface area (Å²) < 4.78 is 3.09. The van der Waals surface area contributed by atoms with E-state index < -0.39 is 5.60 Å². The molecule has 3 heterocycles. The third-order valence-electron chi connectivity index (χ3n) is 4.74. The zero-order valence-corrected chi connectivity index (χ0v) is 13.3. The molecule has 3 rings (SSSR count). The number of nitrogens with zero attached hydrogens (tertiary/aromatic N) is 3. The minimum atomic E-state index is -0.571. The van der Waals surface area contributed by atoms with Crippen LogP contribution in [-0.2, 0) is 13.0 Å². The van der Waals surface area contributed by atoms with Gasteiger partial charge in [0.05, 0.1) is 21.5 Å². The van der Waals surface area contributed by atoms with Crippen molar-refractivity contribution < 1.29 is 5.11 Å². The van der Waals surface area contributed by atoms with Gasteiger partial charge in [-0.05, 0) is 55.6 Å². The van der Waals surface area contributed by atoms with E-state index in [1.54, 1.807) is 0 Å². The minimum absolute atomic E-state index is 0.347. The summed E-state index contributed by atoms with van der Waals surface area (Å²) in [6.07, 6.45) is 3.95. The summed E-state index contributed by atoms with van der Waals surface area (Å²) in [4.78, 5) is 2.45. The van der Waals surface area contributed by atoms with E-state index in [-0.39, 0.29) is 0 Å². The highest BCUT2D eigenvalue weighted by Crippen LogP contribution is 2.39. The number of hydrogen-bond donors (Lipinski definition) is 1. The fourth-order valence-corrected chi connectivity index (χ4v) is 4.16. The van der Waals surface area contributed by atoms with Gasteiger partial charge in [0.25, 0.3) is 0 Å². The Balaban J connectivity index is 1.88. The average molecular weight is 328 g/mol. The molecule has 0 spiro atoms. The lowest BCUT2D eigenvalue weighted by atomic mass is 9.88. The number of aromatic nitrogens is 2. The third-order valence-corrected chi connectivity index (χ3v) is 5.77. The highest BCUT2D eigenvalue weighted by Gasteiger charge is 2.48. The molecule has 2 unspecified atom stereocenters. The molecule has 0 saturated carbocycles. The van der Waals surface area contributed by atoms with Gasteiger partial charge in [0.15, 0.2) is 0 Å². The molecule has 5 heteroatoms. The SMILES string of the molecule is CCn1nc(C)c(Br)c1CC1(O)CCN2CCCC21. The minimum Gasteiger partial charge on any atom is -0.388 e. The second kappa shape index (κ2) is 4.86. The van der Waals surface area contributed by atoms with Crippen molar-refractivity contribution in [3.05, 3.63) is 15.9 Å². The van der Waals surface area contributed by atoms with Gasteiger partial charge in [0.2, 0.25) is 0 Å². The fraction of sp³-hybridized carbons (Fsp3) is 0.786. The first-order valence-electron chi connectivity index (χ1n) is 7.23. The normalized spacial score (nSPS) is 31.1. The smallest absolute Gasteiger partial charge is 0.0869 e. The summed E-state index contributed by atoms with van der Waals surface area (Å²) in [5, 5.41) is 15.6. The molecular formula is C14H22BrN3O. The molecule has 2 aliphatic heterocycles. The van der Waals surface area contributed by atoms with Crippen molar-refractivity contribution >= 4 is 15.9 Å². The van der Waals surface area contributed by atoms with E-state index in [4.69, 9.17) is 0 Å². The lowest BCUT2D eigenvalue weighted by molar-refractivity contribution is 0.0122. The van der Waals surface area contributed by atoms with E-state index >= 15 is 0 Å². The van der Waals surface area contributed by atoms with Crippen molar-refractivity contribution in [1.29, 1.82) is 0 Å². The Morgan fingerprint density at radius 2 is 2.26 bits per heavy atom. The molecule has 2 aliphatic rings. The molecule has 0 aromatic carbocycles. The van der Waals surface area contributed by atoms with Gasteiger partial charge in [-0.2, -0.15) is 5.10 Å². The lowest BCUT2D eigenvalue weighted by Gasteiger charge is -2.30. The number of aryl methyl sites for hydroxylation is 2. The van der Waals surface area contributed by atoms with Gasteiger partial charge >= 0.3 is 0 Å². The van der Waals surface area contributed by atoms with E-state index in [0.717, 1.165) is 48.3 Å². The van der Waals surface area contributed by atoms with Crippen LogP contribution in [-0.4, -0.2) is 44.5 Å². The number of hydrogen-bond acceptors (Lipinski definition) is 3. The van der Waals surface area contributed by atoms with Crippen LogP contribution in [0.4, 0.5) is 0 Å². The second-order valence-electron chi connectivity index (χ2n) is 5.89. The predicted molar refractivity (Wildman–Crippen MR) is 78.2 cm³/mol. The Hall–Kier alpha value is -0.390. The zero-order valence-electron chi connectivity index (χ0n) is 11.7. The van der Waals surface area contributed by atoms with E-state index in [0.29, 0.717) is 12.5 Å². The Bertz CT molecular complexity index is 487. The molecule has 2 saturated heterocycles. The molecule has 0 amide bonds. The molecule has 2 atom stereocenters. The molecule has 1 aromatic rings. The number of aliphatic hydroxyl groups is 1. The van der Waals surface area contributed by atoms with Crippen LogP contribution in [0.15, 0.2) is 4.47 Å². The van der Waals surface area contributed by atoms with Crippen molar-refractivity contribution in [3.8, 4) is 0 Å². The van der Waals surface area contributed by atoms with Crippen LogP contribution in [0.1, 0.15) is 37.6 Å². The highest BCUT2D eigenvalue weighted by atomic mass is 79.9. The summed E-state index contributed by atoms with van der Waals surface area (Å²) >= 11 is 3.64. The fourth-order valence-electron chi connectivity index (χ4n) is 3.74. The zero-order chi connectivity index (χ0) is 13.6. The maximum absolute atomic E-state index is 11.1. The Labute approximate surface area is 122 Å². The molecule has 0 bridgehead atoms.